The van der Waals surface area contributed by atoms with E-state index < -0.39 is 0 Å². The summed E-state index contributed by atoms with van der Waals surface area (Å²) in [5.74, 6) is 0.953. The Morgan fingerprint density at radius 2 is 2.23 bits per heavy atom. The molecule has 72 valence electrons. The summed E-state index contributed by atoms with van der Waals surface area (Å²) in [4.78, 5) is 0. The zero-order chi connectivity index (χ0) is 8.55. The molecule has 0 aromatic heterocycles. The lowest BCUT2D eigenvalue weighted by atomic mass is 10.0. The lowest BCUT2D eigenvalue weighted by Crippen LogP contribution is -2.20. The molecule has 4 heteroatoms. The fourth-order valence-corrected chi connectivity index (χ4v) is 1.91. The van der Waals surface area contributed by atoms with Gasteiger partial charge in [0.05, 0.1) is 6.61 Å². The first-order valence-electron chi connectivity index (χ1n) is 3.95. The maximum Gasteiger partial charge on any atom is 0.124 e. The zero-order valence-corrected chi connectivity index (χ0v) is 9.97. The molecule has 0 saturated carbocycles. The van der Waals surface area contributed by atoms with Crippen LogP contribution in [0.25, 0.3) is 0 Å². The molecule has 0 unspecified atom stereocenters. The van der Waals surface area contributed by atoms with Crippen molar-refractivity contribution in [2.75, 3.05) is 6.61 Å². The van der Waals surface area contributed by atoms with Crippen molar-refractivity contribution in [2.45, 2.75) is 12.5 Å². The summed E-state index contributed by atoms with van der Waals surface area (Å²) in [5, 5.41) is 0. The third-order valence-electron chi connectivity index (χ3n) is 2.06. The van der Waals surface area contributed by atoms with E-state index in [1.54, 1.807) is 0 Å². The van der Waals surface area contributed by atoms with Gasteiger partial charge in [-0.15, -0.1) is 12.4 Å². The molecule has 0 bridgehead atoms. The van der Waals surface area contributed by atoms with Gasteiger partial charge in [-0.1, -0.05) is 0 Å². The molecule has 1 aromatic carbocycles. The Kier molecular flexibility index (Phi) is 3.82. The van der Waals surface area contributed by atoms with Gasteiger partial charge in [0.25, 0.3) is 0 Å². The van der Waals surface area contributed by atoms with Crippen LogP contribution < -0.4 is 10.5 Å². The molecule has 0 saturated heterocycles. The fourth-order valence-electron chi connectivity index (χ4n) is 1.39. The van der Waals surface area contributed by atoms with Crippen LogP contribution in [-0.2, 0) is 0 Å². The first-order chi connectivity index (χ1) is 5.77. The van der Waals surface area contributed by atoms with Crippen molar-refractivity contribution in [3.05, 3.63) is 27.3 Å². The quantitative estimate of drug-likeness (QED) is 0.747. The Hall–Kier alpha value is -0.000000000000000111. The van der Waals surface area contributed by atoms with Crippen molar-refractivity contribution < 1.29 is 4.74 Å². The van der Waals surface area contributed by atoms with Crippen LogP contribution in [0.1, 0.15) is 18.0 Å². The van der Waals surface area contributed by atoms with Gasteiger partial charge in [-0.3, -0.25) is 0 Å². The van der Waals surface area contributed by atoms with Crippen LogP contribution in [0.3, 0.4) is 0 Å². The van der Waals surface area contributed by atoms with Crippen molar-refractivity contribution in [1.29, 1.82) is 0 Å². The Morgan fingerprint density at radius 1 is 1.46 bits per heavy atom. The molecule has 1 aliphatic heterocycles. The van der Waals surface area contributed by atoms with Crippen LogP contribution in [0, 0.1) is 3.57 Å². The second kappa shape index (κ2) is 4.48. The van der Waals surface area contributed by atoms with Gasteiger partial charge in [-0.2, -0.15) is 0 Å². The van der Waals surface area contributed by atoms with Crippen molar-refractivity contribution in [2.24, 2.45) is 5.73 Å². The summed E-state index contributed by atoms with van der Waals surface area (Å²) < 4.78 is 6.68. The Labute approximate surface area is 97.4 Å². The van der Waals surface area contributed by atoms with Gasteiger partial charge >= 0.3 is 0 Å². The second-order valence-electron chi connectivity index (χ2n) is 2.93. The van der Waals surface area contributed by atoms with Crippen LogP contribution in [0.5, 0.6) is 5.75 Å². The first-order valence-corrected chi connectivity index (χ1v) is 5.03. The summed E-state index contributed by atoms with van der Waals surface area (Å²) in [6.07, 6.45) is 0.924. The Bertz CT molecular complexity index is 306. The maximum absolute atomic E-state index is 5.93. The van der Waals surface area contributed by atoms with E-state index >= 15 is 0 Å². The van der Waals surface area contributed by atoms with E-state index in [4.69, 9.17) is 10.5 Å². The number of ether oxygens (including phenoxy) is 1. The molecule has 0 amide bonds. The van der Waals surface area contributed by atoms with Crippen LogP contribution >= 0.6 is 35.0 Å². The summed E-state index contributed by atoms with van der Waals surface area (Å²) in [6, 6.07) is 6.29. The standard InChI is InChI=1S/C9H10INO.ClH/c10-6-1-2-9-7(5-6)8(11)3-4-12-9;/h1-2,5,8H,3-4,11H2;1H/t8-;/m0./s1. The average Bonchev–Trinajstić information content (AvgIpc) is 2.07. The van der Waals surface area contributed by atoms with Gasteiger partial charge in [0.2, 0.25) is 0 Å². The molecule has 0 fully saturated rings. The third-order valence-corrected chi connectivity index (χ3v) is 2.73. The number of nitrogens with two attached hydrogens (primary N) is 1. The molecule has 1 aliphatic rings. The monoisotopic (exact) mass is 311 g/mol. The van der Waals surface area contributed by atoms with Gasteiger partial charge < -0.3 is 10.5 Å². The van der Waals surface area contributed by atoms with Gasteiger partial charge in [0.15, 0.2) is 0 Å². The molecule has 2 nitrogen and oxygen atoms in total. The number of rotatable bonds is 0. The lowest BCUT2D eigenvalue weighted by Gasteiger charge is -2.22. The second-order valence-corrected chi connectivity index (χ2v) is 4.17. The molecule has 0 spiro atoms. The predicted molar refractivity (Wildman–Crippen MR) is 63.4 cm³/mol. The molecule has 13 heavy (non-hydrogen) atoms. The van der Waals surface area contributed by atoms with E-state index in [1.807, 2.05) is 12.1 Å². The highest BCUT2D eigenvalue weighted by Gasteiger charge is 2.17. The molecule has 1 heterocycles. The highest BCUT2D eigenvalue weighted by molar-refractivity contribution is 14.1. The average molecular weight is 312 g/mol. The number of benzene rings is 1. The van der Waals surface area contributed by atoms with Crippen molar-refractivity contribution >= 4 is 35.0 Å². The Balaban J connectivity index is 0.000000845. The number of hydrogen-bond acceptors (Lipinski definition) is 2. The molecule has 2 rings (SSSR count). The minimum absolute atomic E-state index is 0. The number of hydrogen-bond donors (Lipinski definition) is 1. The molecule has 2 N–H and O–H groups in total. The van der Waals surface area contributed by atoms with E-state index in [-0.39, 0.29) is 18.4 Å². The van der Waals surface area contributed by atoms with E-state index in [9.17, 15) is 0 Å². The first kappa shape index (κ1) is 11.1. The minimum atomic E-state index is 0. The lowest BCUT2D eigenvalue weighted by molar-refractivity contribution is 0.269. The predicted octanol–water partition coefficient (Wildman–Crippen LogP) is 2.50. The largest absolute Gasteiger partial charge is 0.493 e. The number of halogens is 2. The van der Waals surface area contributed by atoms with Gasteiger partial charge in [0, 0.05) is 21.6 Å². The Morgan fingerprint density at radius 3 is 3.00 bits per heavy atom. The van der Waals surface area contributed by atoms with Crippen molar-refractivity contribution in [3.63, 3.8) is 0 Å². The molecular formula is C9H11ClINO. The molecule has 0 aliphatic carbocycles. The smallest absolute Gasteiger partial charge is 0.124 e. The molecule has 0 radical (unpaired) electrons. The zero-order valence-electron chi connectivity index (χ0n) is 7.00. The fraction of sp³-hybridized carbons (Fsp3) is 0.333. The molecule has 1 atom stereocenters. The number of fused-ring (bicyclic) bond motifs is 1. The van der Waals surface area contributed by atoms with E-state index in [0.717, 1.165) is 24.3 Å². The SMILES string of the molecule is Cl.N[C@H]1CCOc2ccc(I)cc21. The minimum Gasteiger partial charge on any atom is -0.493 e. The van der Waals surface area contributed by atoms with E-state index in [2.05, 4.69) is 28.7 Å². The van der Waals surface area contributed by atoms with Crippen LogP contribution in [0.4, 0.5) is 0 Å². The summed E-state index contributed by atoms with van der Waals surface area (Å²) >= 11 is 2.28. The molecular weight excluding hydrogens is 300 g/mol. The van der Waals surface area contributed by atoms with Crippen LogP contribution in [0.2, 0.25) is 0 Å². The topological polar surface area (TPSA) is 35.2 Å². The van der Waals surface area contributed by atoms with Crippen LogP contribution in [0.15, 0.2) is 18.2 Å². The van der Waals surface area contributed by atoms with Crippen LogP contribution in [-0.4, -0.2) is 6.61 Å². The van der Waals surface area contributed by atoms with E-state index in [0.29, 0.717) is 0 Å². The summed E-state index contributed by atoms with van der Waals surface area (Å²) in [6.45, 7) is 0.745. The summed E-state index contributed by atoms with van der Waals surface area (Å²) in [5.41, 5.74) is 7.08. The van der Waals surface area contributed by atoms with Crippen molar-refractivity contribution in [1.82, 2.24) is 0 Å². The maximum atomic E-state index is 5.93. The van der Waals surface area contributed by atoms with Crippen molar-refractivity contribution in [3.8, 4) is 5.75 Å². The van der Waals surface area contributed by atoms with Gasteiger partial charge in [-0.25, -0.2) is 0 Å². The van der Waals surface area contributed by atoms with Gasteiger partial charge in [-0.05, 0) is 40.8 Å². The highest BCUT2D eigenvalue weighted by Crippen LogP contribution is 2.31. The highest BCUT2D eigenvalue weighted by atomic mass is 127. The van der Waals surface area contributed by atoms with Gasteiger partial charge in [0.1, 0.15) is 5.75 Å². The molecule has 1 aromatic rings. The summed E-state index contributed by atoms with van der Waals surface area (Å²) in [7, 11) is 0. The van der Waals surface area contributed by atoms with E-state index in [1.165, 1.54) is 3.57 Å². The normalized spacial score (nSPS) is 19.7. The third kappa shape index (κ3) is 2.27.